The molecular formula is C23H23N5O2. The van der Waals surface area contributed by atoms with Crippen LogP contribution in [0.15, 0.2) is 59.9 Å². The molecule has 2 N–H and O–H groups in total. The lowest BCUT2D eigenvalue weighted by atomic mass is 9.86. The van der Waals surface area contributed by atoms with Crippen LogP contribution in [0.2, 0.25) is 0 Å². The maximum Gasteiger partial charge on any atom is 0.214 e. The molecule has 0 aliphatic carbocycles. The van der Waals surface area contributed by atoms with Gasteiger partial charge in [-0.05, 0) is 48.9 Å². The number of nitriles is 1. The highest BCUT2D eigenvalue weighted by molar-refractivity contribution is 6.18. The van der Waals surface area contributed by atoms with E-state index in [0.29, 0.717) is 11.1 Å². The van der Waals surface area contributed by atoms with Crippen molar-refractivity contribution in [1.82, 2.24) is 10.2 Å². The van der Waals surface area contributed by atoms with Crippen molar-refractivity contribution in [2.45, 2.75) is 12.5 Å². The van der Waals surface area contributed by atoms with Crippen molar-refractivity contribution < 1.29 is 14.5 Å². The molecule has 2 aromatic rings. The third-order valence-corrected chi connectivity index (χ3v) is 5.10. The van der Waals surface area contributed by atoms with Gasteiger partial charge in [0.15, 0.2) is 6.21 Å². The van der Waals surface area contributed by atoms with Crippen LogP contribution in [-0.2, 0) is 10.3 Å². The van der Waals surface area contributed by atoms with Crippen LogP contribution in [0.5, 0.6) is 0 Å². The van der Waals surface area contributed by atoms with E-state index in [1.54, 1.807) is 49.9 Å². The van der Waals surface area contributed by atoms with Gasteiger partial charge in [0.05, 0.1) is 17.2 Å². The van der Waals surface area contributed by atoms with Crippen molar-refractivity contribution in [2.24, 2.45) is 0 Å². The molecule has 0 radical (unpaired) electrons. The number of carbonyl (C=O) groups excluding carboxylic acids is 1. The van der Waals surface area contributed by atoms with Crippen molar-refractivity contribution in [2.75, 3.05) is 21.1 Å². The molecule has 1 aliphatic heterocycles. The van der Waals surface area contributed by atoms with Gasteiger partial charge in [-0.15, -0.1) is 0 Å². The normalized spacial score (nSPS) is 19.1. The van der Waals surface area contributed by atoms with Gasteiger partial charge >= 0.3 is 0 Å². The van der Waals surface area contributed by atoms with Crippen LogP contribution in [0.4, 0.5) is 0 Å². The lowest BCUT2D eigenvalue weighted by Gasteiger charge is -2.37. The van der Waals surface area contributed by atoms with Crippen molar-refractivity contribution in [1.29, 1.82) is 5.26 Å². The summed E-state index contributed by atoms with van der Waals surface area (Å²) in [7, 11) is 4.92. The first-order valence-corrected chi connectivity index (χ1v) is 9.35. The molecule has 30 heavy (non-hydrogen) atoms. The SMILES string of the molecule is CN1C(=[N-])NC(C)(c2cccc(-c3cccc(C#N)c3)c2)C(O)=C(C=[N+](C)C)C1=O. The fourth-order valence-electron chi connectivity index (χ4n) is 3.38. The summed E-state index contributed by atoms with van der Waals surface area (Å²) in [5, 5.41) is 33.7. The molecule has 1 atom stereocenters. The fourth-order valence-corrected chi connectivity index (χ4v) is 3.38. The number of hydrogen-bond acceptors (Lipinski definition) is 3. The Labute approximate surface area is 175 Å². The number of nitrogens with zero attached hydrogens (tertiary/aromatic N) is 4. The van der Waals surface area contributed by atoms with E-state index in [4.69, 9.17) is 0 Å². The van der Waals surface area contributed by atoms with Gasteiger partial charge in [0.2, 0.25) is 5.91 Å². The Morgan fingerprint density at radius 1 is 1.20 bits per heavy atom. The summed E-state index contributed by atoms with van der Waals surface area (Å²) < 4.78 is 1.66. The highest BCUT2D eigenvalue weighted by atomic mass is 16.3. The Morgan fingerprint density at radius 3 is 2.47 bits per heavy atom. The third kappa shape index (κ3) is 3.67. The molecule has 7 nitrogen and oxygen atoms in total. The Kier molecular flexibility index (Phi) is 5.43. The Balaban J connectivity index is 2.20. The van der Waals surface area contributed by atoms with E-state index in [1.165, 1.54) is 13.3 Å². The zero-order chi connectivity index (χ0) is 22.1. The number of aliphatic hydroxyl groups excluding tert-OH is 1. The number of rotatable bonds is 3. The number of likely N-dealkylation sites (N-methyl/N-ethyl adjacent to an activating group) is 1. The second-order valence-corrected chi connectivity index (χ2v) is 7.57. The van der Waals surface area contributed by atoms with Gasteiger partial charge in [0, 0.05) is 5.96 Å². The number of hydrogen-bond donors (Lipinski definition) is 2. The van der Waals surface area contributed by atoms with Crippen molar-refractivity contribution in [3.63, 3.8) is 0 Å². The summed E-state index contributed by atoms with van der Waals surface area (Å²) in [6.07, 6.45) is 1.52. The van der Waals surface area contributed by atoms with E-state index in [-0.39, 0.29) is 17.3 Å². The fraction of sp³-hybridized carbons (Fsp3) is 0.217. The lowest BCUT2D eigenvalue weighted by Crippen LogP contribution is -2.48. The maximum atomic E-state index is 12.8. The summed E-state index contributed by atoms with van der Waals surface area (Å²) >= 11 is 0. The van der Waals surface area contributed by atoms with Crippen LogP contribution in [0.3, 0.4) is 0 Å². The molecule has 152 valence electrons. The minimum atomic E-state index is -1.27. The van der Waals surface area contributed by atoms with E-state index in [9.17, 15) is 20.6 Å². The molecule has 0 saturated carbocycles. The number of guanidine groups is 1. The largest absolute Gasteiger partial charge is 0.510 e. The molecule has 1 heterocycles. The van der Waals surface area contributed by atoms with Crippen molar-refractivity contribution >= 4 is 18.1 Å². The van der Waals surface area contributed by atoms with E-state index in [0.717, 1.165) is 16.0 Å². The molecule has 0 spiro atoms. The van der Waals surface area contributed by atoms with E-state index < -0.39 is 11.4 Å². The Morgan fingerprint density at radius 2 is 1.83 bits per heavy atom. The number of carbonyl (C=O) groups is 1. The minimum absolute atomic E-state index is 0.0680. The first-order chi connectivity index (χ1) is 14.2. The topological polar surface area (TPSA) is 102 Å². The van der Waals surface area contributed by atoms with Crippen LogP contribution >= 0.6 is 0 Å². The van der Waals surface area contributed by atoms with Gasteiger partial charge < -0.3 is 20.7 Å². The molecule has 1 unspecified atom stereocenters. The molecule has 2 aromatic carbocycles. The summed E-state index contributed by atoms with van der Waals surface area (Å²) in [6, 6.07) is 16.7. The van der Waals surface area contributed by atoms with Gasteiger partial charge in [0.25, 0.3) is 0 Å². The molecule has 3 rings (SSSR count). The number of nitrogens with one attached hydrogen (secondary N) is 1. The highest BCUT2D eigenvalue weighted by Gasteiger charge is 2.37. The van der Waals surface area contributed by atoms with E-state index >= 15 is 0 Å². The van der Waals surface area contributed by atoms with Gasteiger partial charge in [-0.1, -0.05) is 30.3 Å². The van der Waals surface area contributed by atoms with Crippen LogP contribution in [0.25, 0.3) is 16.5 Å². The molecule has 0 aromatic heterocycles. The molecule has 1 aliphatic rings. The maximum absolute atomic E-state index is 12.8. The standard InChI is InChI=1S/C23H22N5O2/c1-23(20(29)19(14-27(2)3)21(30)28(4)22(25)26-23)18-10-6-9-17(12-18)16-8-5-7-15(11-16)13-24/h5-12,14H,1-4H3,(H-,25,26)/q-1/p+1. The zero-order valence-electron chi connectivity index (χ0n) is 17.3. The smallest absolute Gasteiger partial charge is 0.214 e. The first-order valence-electron chi connectivity index (χ1n) is 9.35. The first kappa shape index (κ1) is 20.8. The van der Waals surface area contributed by atoms with Crippen LogP contribution in [0.1, 0.15) is 18.1 Å². The lowest BCUT2D eigenvalue weighted by molar-refractivity contribution is -0.458. The predicted molar refractivity (Wildman–Crippen MR) is 116 cm³/mol. The number of amides is 1. The predicted octanol–water partition coefficient (Wildman–Crippen LogP) is 2.58. The van der Waals surface area contributed by atoms with E-state index in [1.807, 2.05) is 24.3 Å². The average molecular weight is 401 g/mol. The second-order valence-electron chi connectivity index (χ2n) is 7.57. The molecule has 7 heteroatoms. The molecular weight excluding hydrogens is 378 g/mol. The van der Waals surface area contributed by atoms with Gasteiger partial charge in [0.1, 0.15) is 25.4 Å². The summed E-state index contributed by atoms with van der Waals surface area (Å²) in [5.74, 6) is -1.11. The van der Waals surface area contributed by atoms with Gasteiger partial charge in [-0.2, -0.15) is 5.26 Å². The summed E-state index contributed by atoms with van der Waals surface area (Å²) in [5.41, 5.74) is 1.66. The number of benzene rings is 2. The van der Waals surface area contributed by atoms with Gasteiger partial charge in [-0.3, -0.25) is 4.79 Å². The number of aliphatic hydroxyl groups is 1. The van der Waals surface area contributed by atoms with Crippen LogP contribution in [-0.4, -0.2) is 53.8 Å². The average Bonchev–Trinajstić information content (AvgIpc) is 2.80. The third-order valence-electron chi connectivity index (χ3n) is 5.10. The van der Waals surface area contributed by atoms with Crippen LogP contribution < -0.4 is 5.32 Å². The summed E-state index contributed by atoms with van der Waals surface area (Å²) in [4.78, 5) is 13.8. The molecule has 0 bridgehead atoms. The quantitative estimate of drug-likeness (QED) is 0.610. The summed E-state index contributed by atoms with van der Waals surface area (Å²) in [6.45, 7) is 1.69. The van der Waals surface area contributed by atoms with E-state index in [2.05, 4.69) is 11.4 Å². The molecule has 1 amide bonds. The Hall–Kier alpha value is -3.92. The zero-order valence-corrected chi connectivity index (χ0v) is 17.3. The molecule has 0 fully saturated rings. The highest BCUT2D eigenvalue weighted by Crippen LogP contribution is 2.34. The van der Waals surface area contributed by atoms with Crippen LogP contribution in [0, 0.1) is 11.3 Å². The van der Waals surface area contributed by atoms with Gasteiger partial charge in [-0.25, -0.2) is 4.58 Å². The van der Waals surface area contributed by atoms with Crippen molar-refractivity contribution in [3.05, 3.63) is 76.4 Å². The molecule has 0 saturated heterocycles. The van der Waals surface area contributed by atoms with Crippen molar-refractivity contribution in [3.8, 4) is 17.2 Å². The Bertz CT molecular complexity index is 1140. The second kappa shape index (κ2) is 7.84. The minimum Gasteiger partial charge on any atom is -0.510 e. The monoisotopic (exact) mass is 401 g/mol.